The van der Waals surface area contributed by atoms with Crippen molar-refractivity contribution < 1.29 is 36.8 Å². The predicted molar refractivity (Wildman–Crippen MR) is 29.8 cm³/mol. The minimum Gasteiger partial charge on any atom is -0.790 e. The third kappa shape index (κ3) is 481. The van der Waals surface area contributed by atoms with Gasteiger partial charge in [-0.25, -0.2) is 0 Å². The summed E-state index contributed by atoms with van der Waals surface area (Å²) in [5, 5.41) is 0. The second-order valence-electron chi connectivity index (χ2n) is 0.916. The van der Waals surface area contributed by atoms with Crippen molar-refractivity contribution in [2.75, 3.05) is 0 Å². The zero-order chi connectivity index (χ0) is 9.00. The average molecular weight is 282 g/mol. The molecule has 0 aliphatic carbocycles. The van der Waals surface area contributed by atoms with Crippen molar-refractivity contribution in [1.29, 1.82) is 0 Å². The van der Waals surface area contributed by atoms with Gasteiger partial charge in [-0.15, -0.1) is 0 Å². The minimum absolute atomic E-state index is 0. The standard InChI is InChI=1S/H3O4P.H2O4S.Sr/c2*1-5(2,3)4;/h(H3,1,2,3,4);(H2,1,2,3,4);/q;;+2/p-2. The van der Waals surface area contributed by atoms with Gasteiger partial charge < -0.3 is 19.2 Å². The molecule has 0 saturated carbocycles. The van der Waals surface area contributed by atoms with Gasteiger partial charge >= 0.3 is 55.9 Å². The quantitative estimate of drug-likeness (QED) is 0.237. The molecule has 0 aromatic carbocycles. The van der Waals surface area contributed by atoms with Crippen LogP contribution in [0.15, 0.2) is 0 Å². The largest absolute Gasteiger partial charge is 2.00 e. The number of hydrogen-bond donors (Lipinski definition) is 3. The summed E-state index contributed by atoms with van der Waals surface area (Å²) in [7, 11) is -9.81. The first kappa shape index (κ1) is 18.3. The molecule has 3 N–H and O–H groups in total. The molecule has 0 fully saturated rings. The van der Waals surface area contributed by atoms with Crippen LogP contribution in [-0.4, -0.2) is 67.9 Å². The van der Waals surface area contributed by atoms with E-state index in [-0.39, 0.29) is 45.5 Å². The fraction of sp³-hybridized carbons (Fsp3) is 0. The molecule has 0 spiro atoms. The summed E-state index contributed by atoms with van der Waals surface area (Å²) in [6.07, 6.45) is 0. The van der Waals surface area contributed by atoms with Gasteiger partial charge in [0.15, 0.2) is 0 Å². The van der Waals surface area contributed by atoms with E-state index in [4.69, 9.17) is 36.8 Å². The van der Waals surface area contributed by atoms with Crippen molar-refractivity contribution in [3.05, 3.63) is 0 Å². The first-order valence-corrected chi connectivity index (χ1v) is 4.34. The van der Waals surface area contributed by atoms with Gasteiger partial charge in [-0.3, -0.25) is 9.11 Å². The Balaban J connectivity index is -0.000000107. The Bertz CT molecular complexity index is 192. The van der Waals surface area contributed by atoms with Gasteiger partial charge in [0.25, 0.3) is 0 Å². The molecule has 0 bridgehead atoms. The Labute approximate surface area is 99.3 Å². The molecular formula is H3O8PSSr. The van der Waals surface area contributed by atoms with Crippen LogP contribution in [-0.2, 0) is 15.0 Å². The van der Waals surface area contributed by atoms with E-state index in [1.807, 2.05) is 0 Å². The van der Waals surface area contributed by atoms with Crippen LogP contribution < -0.4 is 9.79 Å². The number of hydrogen-bond acceptors (Lipinski definition) is 5. The van der Waals surface area contributed by atoms with Gasteiger partial charge in [0.05, 0.1) is 7.82 Å². The molecule has 0 aliphatic heterocycles. The molecule has 11 heavy (non-hydrogen) atoms. The van der Waals surface area contributed by atoms with E-state index >= 15 is 0 Å². The molecule has 0 aliphatic rings. The van der Waals surface area contributed by atoms with Gasteiger partial charge in [0.2, 0.25) is 0 Å². The van der Waals surface area contributed by atoms with E-state index in [1.165, 1.54) is 0 Å². The monoisotopic (exact) mass is 282 g/mol. The summed E-state index contributed by atoms with van der Waals surface area (Å²) in [4.78, 5) is 24.3. The molecule has 11 heteroatoms. The molecule has 0 aromatic rings. The Morgan fingerprint density at radius 1 is 1.18 bits per heavy atom. The zero-order valence-electron chi connectivity index (χ0n) is 4.95. The molecule has 0 saturated heterocycles. The average Bonchev–Trinajstić information content (AvgIpc) is 1.12. The van der Waals surface area contributed by atoms with Crippen molar-refractivity contribution in [3.63, 3.8) is 0 Å². The SMILES string of the molecule is O=P([O-])([O-])O.O=S(=O)(O)O.[Sr+2]. The van der Waals surface area contributed by atoms with Crippen LogP contribution >= 0.6 is 7.82 Å². The summed E-state index contributed by atoms with van der Waals surface area (Å²) >= 11 is 0. The van der Waals surface area contributed by atoms with E-state index in [2.05, 4.69) is 0 Å². The van der Waals surface area contributed by atoms with Crippen LogP contribution in [0.5, 0.6) is 0 Å². The molecule has 0 atom stereocenters. The first-order valence-electron chi connectivity index (χ1n) is 1.45. The van der Waals surface area contributed by atoms with Crippen LogP contribution in [0.4, 0.5) is 0 Å². The Morgan fingerprint density at radius 3 is 1.18 bits per heavy atom. The summed E-state index contributed by atoms with van der Waals surface area (Å²) in [5.74, 6) is 0. The van der Waals surface area contributed by atoms with Gasteiger partial charge in [-0.2, -0.15) is 8.42 Å². The summed E-state index contributed by atoms with van der Waals surface area (Å²) in [6, 6.07) is 0. The van der Waals surface area contributed by atoms with Crippen LogP contribution in [0.25, 0.3) is 0 Å². The van der Waals surface area contributed by atoms with Crippen molar-refractivity contribution in [2.24, 2.45) is 0 Å². The second kappa shape index (κ2) is 6.92. The molecule has 0 unspecified atom stereocenters. The molecule has 0 amide bonds. The van der Waals surface area contributed by atoms with Crippen LogP contribution in [0, 0.1) is 0 Å². The third-order valence-electron chi connectivity index (χ3n) is 0. The molecule has 0 radical (unpaired) electrons. The van der Waals surface area contributed by atoms with E-state index < -0.39 is 18.2 Å². The van der Waals surface area contributed by atoms with Crippen molar-refractivity contribution in [2.45, 2.75) is 0 Å². The third-order valence-corrected chi connectivity index (χ3v) is 0. The zero-order valence-corrected chi connectivity index (χ0v) is 10.1. The Hall–Kier alpha value is 1.46. The molecule has 0 aromatic heterocycles. The van der Waals surface area contributed by atoms with Gasteiger partial charge in [0.1, 0.15) is 0 Å². The minimum atomic E-state index is -5.14. The predicted octanol–water partition coefficient (Wildman–Crippen LogP) is -3.23. The van der Waals surface area contributed by atoms with Gasteiger partial charge in [-0.05, 0) is 0 Å². The number of phosphoric acid groups is 1. The summed E-state index contributed by atoms with van der Waals surface area (Å²) in [6.45, 7) is 0. The normalized spacial score (nSPS) is 10.6. The van der Waals surface area contributed by atoms with E-state index in [1.54, 1.807) is 0 Å². The van der Waals surface area contributed by atoms with Gasteiger partial charge in [-0.1, -0.05) is 0 Å². The smallest absolute Gasteiger partial charge is 0.790 e. The van der Waals surface area contributed by atoms with Crippen LogP contribution in [0.2, 0.25) is 0 Å². The maximum atomic E-state index is 8.74. The summed E-state index contributed by atoms with van der Waals surface area (Å²) in [5.41, 5.74) is 0. The van der Waals surface area contributed by atoms with Crippen molar-refractivity contribution >= 4 is 63.7 Å². The molecule has 8 nitrogen and oxygen atoms in total. The molecule has 0 rings (SSSR count). The van der Waals surface area contributed by atoms with E-state index in [9.17, 15) is 0 Å². The maximum Gasteiger partial charge on any atom is 2.00 e. The van der Waals surface area contributed by atoms with Crippen LogP contribution in [0.1, 0.15) is 0 Å². The van der Waals surface area contributed by atoms with E-state index in [0.29, 0.717) is 0 Å². The van der Waals surface area contributed by atoms with E-state index in [0.717, 1.165) is 0 Å². The molecule has 64 valence electrons. The Kier molecular flexibility index (Phi) is 11.5. The summed E-state index contributed by atoms with van der Waals surface area (Å²) < 4.78 is 40.2. The van der Waals surface area contributed by atoms with Crippen LogP contribution in [0.3, 0.4) is 0 Å². The topological polar surface area (TPSA) is 158 Å². The first-order chi connectivity index (χ1) is 4.00. The van der Waals surface area contributed by atoms with Gasteiger partial charge in [0, 0.05) is 0 Å². The molecule has 0 heterocycles. The fourth-order valence-electron chi connectivity index (χ4n) is 0. The molecular weight excluding hydrogens is 279 g/mol. The van der Waals surface area contributed by atoms with Crippen molar-refractivity contribution in [1.82, 2.24) is 0 Å². The van der Waals surface area contributed by atoms with Crippen molar-refractivity contribution in [3.8, 4) is 0 Å². The fourth-order valence-corrected chi connectivity index (χ4v) is 0. The number of rotatable bonds is 0. The maximum absolute atomic E-state index is 8.74. The Morgan fingerprint density at radius 2 is 1.18 bits per heavy atom. The second-order valence-corrected chi connectivity index (χ2v) is 2.75.